The van der Waals surface area contributed by atoms with Crippen molar-refractivity contribution in [1.82, 2.24) is 0 Å². The molecule has 0 bridgehead atoms. The highest BCUT2D eigenvalue weighted by Gasteiger charge is 2.13. The van der Waals surface area contributed by atoms with Crippen LogP contribution in [0.3, 0.4) is 0 Å². The van der Waals surface area contributed by atoms with Crippen molar-refractivity contribution >= 4 is 11.9 Å². The van der Waals surface area contributed by atoms with Gasteiger partial charge in [0.15, 0.2) is 0 Å². The van der Waals surface area contributed by atoms with Crippen molar-refractivity contribution in [1.29, 1.82) is 0 Å². The monoisotopic (exact) mass is 349 g/mol. The van der Waals surface area contributed by atoms with Crippen LogP contribution in [0.2, 0.25) is 0 Å². The fourth-order valence-electron chi connectivity index (χ4n) is 2.45. The van der Waals surface area contributed by atoms with E-state index in [0.717, 1.165) is 25.7 Å². The van der Waals surface area contributed by atoms with E-state index in [2.05, 4.69) is 6.92 Å². The molecule has 25 heavy (non-hydrogen) atoms. The van der Waals surface area contributed by atoms with Crippen LogP contribution < -0.4 is 9.84 Å². The van der Waals surface area contributed by atoms with Crippen LogP contribution in [0, 0.1) is 0 Å². The Labute approximate surface area is 150 Å². The predicted molar refractivity (Wildman–Crippen MR) is 94.4 cm³/mol. The number of hydrogen-bond acceptors (Lipinski definition) is 5. The number of carbonyl (C=O) groups excluding carboxylic acids is 2. The standard InChI is InChI=1S/C20H30O5/c1-3-5-6-7-8-9-10-18(19(21)22)25-17-13-11-16(12-14-17)20(23)24-15-4-2/h11-14,18H,3-10,15H2,1-2H3,(H,21,22)/p-1. The van der Waals surface area contributed by atoms with Crippen LogP contribution in [0.1, 0.15) is 75.6 Å². The van der Waals surface area contributed by atoms with Crippen LogP contribution in [0.25, 0.3) is 0 Å². The first-order valence-corrected chi connectivity index (χ1v) is 9.23. The molecule has 0 N–H and O–H groups in total. The number of unbranched alkanes of at least 4 members (excludes halogenated alkanes) is 5. The van der Waals surface area contributed by atoms with Crippen molar-refractivity contribution in [3.63, 3.8) is 0 Å². The zero-order valence-electron chi connectivity index (χ0n) is 15.3. The first-order valence-electron chi connectivity index (χ1n) is 9.23. The normalized spacial score (nSPS) is 11.8. The maximum absolute atomic E-state index is 11.7. The average Bonchev–Trinajstić information content (AvgIpc) is 2.61. The molecule has 0 spiro atoms. The minimum absolute atomic E-state index is 0.377. The fourth-order valence-corrected chi connectivity index (χ4v) is 2.45. The number of benzene rings is 1. The first kappa shape index (κ1) is 21.0. The summed E-state index contributed by atoms with van der Waals surface area (Å²) < 4.78 is 10.6. The maximum Gasteiger partial charge on any atom is 0.338 e. The molecule has 1 unspecified atom stereocenters. The minimum atomic E-state index is -1.21. The summed E-state index contributed by atoms with van der Waals surface area (Å²) in [4.78, 5) is 23.0. The number of carboxylic acid groups (broad SMARTS) is 1. The van der Waals surface area contributed by atoms with Crippen LogP contribution >= 0.6 is 0 Å². The Balaban J connectivity index is 2.46. The van der Waals surface area contributed by atoms with Gasteiger partial charge in [0.05, 0.1) is 18.1 Å². The topological polar surface area (TPSA) is 75.7 Å². The smallest absolute Gasteiger partial charge is 0.338 e. The lowest BCUT2D eigenvalue weighted by Crippen LogP contribution is -2.39. The summed E-state index contributed by atoms with van der Waals surface area (Å²) in [5.41, 5.74) is 0.418. The molecule has 1 rings (SSSR count). The van der Waals surface area contributed by atoms with Crippen molar-refractivity contribution in [2.45, 2.75) is 71.3 Å². The van der Waals surface area contributed by atoms with Gasteiger partial charge < -0.3 is 19.4 Å². The summed E-state index contributed by atoms with van der Waals surface area (Å²) in [6.07, 6.45) is 6.71. The zero-order chi connectivity index (χ0) is 18.5. The Morgan fingerprint density at radius 3 is 2.20 bits per heavy atom. The second-order valence-corrected chi connectivity index (χ2v) is 6.14. The highest BCUT2D eigenvalue weighted by atomic mass is 16.5. The predicted octanol–water partition coefficient (Wildman–Crippen LogP) is 3.50. The molecule has 5 nitrogen and oxygen atoms in total. The van der Waals surface area contributed by atoms with Gasteiger partial charge in [-0.1, -0.05) is 46.0 Å². The van der Waals surface area contributed by atoms with Gasteiger partial charge in [0.25, 0.3) is 0 Å². The summed E-state index contributed by atoms with van der Waals surface area (Å²) in [7, 11) is 0. The van der Waals surface area contributed by atoms with Crippen LogP contribution in [0.5, 0.6) is 5.75 Å². The molecule has 0 saturated heterocycles. The van der Waals surface area contributed by atoms with E-state index in [0.29, 0.717) is 24.3 Å². The molecular weight excluding hydrogens is 320 g/mol. The van der Waals surface area contributed by atoms with Gasteiger partial charge in [-0.2, -0.15) is 0 Å². The summed E-state index contributed by atoms with van der Waals surface area (Å²) in [5.74, 6) is -1.19. The number of hydrogen-bond donors (Lipinski definition) is 0. The van der Waals surface area contributed by atoms with Gasteiger partial charge in [0, 0.05) is 0 Å². The van der Waals surface area contributed by atoms with E-state index in [1.165, 1.54) is 19.3 Å². The number of ether oxygens (including phenoxy) is 2. The van der Waals surface area contributed by atoms with Gasteiger partial charge in [-0.25, -0.2) is 4.79 Å². The number of rotatable bonds is 13. The molecule has 140 valence electrons. The summed E-state index contributed by atoms with van der Waals surface area (Å²) in [6, 6.07) is 6.31. The Morgan fingerprint density at radius 1 is 0.960 bits per heavy atom. The molecule has 0 aliphatic rings. The van der Waals surface area contributed by atoms with E-state index in [9.17, 15) is 14.7 Å². The van der Waals surface area contributed by atoms with E-state index in [1.54, 1.807) is 24.3 Å². The van der Waals surface area contributed by atoms with E-state index in [1.807, 2.05) is 6.92 Å². The van der Waals surface area contributed by atoms with Crippen molar-refractivity contribution in [2.75, 3.05) is 6.61 Å². The molecule has 5 heteroatoms. The van der Waals surface area contributed by atoms with Gasteiger partial charge >= 0.3 is 5.97 Å². The van der Waals surface area contributed by atoms with Gasteiger partial charge in [0.1, 0.15) is 11.9 Å². The highest BCUT2D eigenvalue weighted by Crippen LogP contribution is 2.17. The number of carbonyl (C=O) groups is 2. The van der Waals surface area contributed by atoms with E-state index in [-0.39, 0.29) is 0 Å². The Kier molecular flexibility index (Phi) is 10.4. The van der Waals surface area contributed by atoms with Crippen LogP contribution in [0.4, 0.5) is 0 Å². The quantitative estimate of drug-likeness (QED) is 0.402. The zero-order valence-corrected chi connectivity index (χ0v) is 15.3. The molecule has 0 aromatic heterocycles. The average molecular weight is 349 g/mol. The number of esters is 1. The van der Waals surface area contributed by atoms with Crippen molar-refractivity contribution in [3.8, 4) is 5.75 Å². The molecule has 0 saturated carbocycles. The van der Waals surface area contributed by atoms with Crippen molar-refractivity contribution < 1.29 is 24.2 Å². The molecule has 0 aliphatic heterocycles. The molecule has 1 aromatic rings. The van der Waals surface area contributed by atoms with Crippen molar-refractivity contribution in [3.05, 3.63) is 29.8 Å². The fraction of sp³-hybridized carbons (Fsp3) is 0.600. The summed E-state index contributed by atoms with van der Waals surface area (Å²) in [6.45, 7) is 4.46. The summed E-state index contributed by atoms with van der Waals surface area (Å²) in [5, 5.41) is 11.3. The highest BCUT2D eigenvalue weighted by molar-refractivity contribution is 5.89. The van der Waals surface area contributed by atoms with Gasteiger partial charge in [-0.05, 0) is 43.5 Å². The lowest BCUT2D eigenvalue weighted by atomic mass is 10.1. The van der Waals surface area contributed by atoms with Crippen LogP contribution in [0.15, 0.2) is 24.3 Å². The first-order chi connectivity index (χ1) is 12.1. The van der Waals surface area contributed by atoms with Crippen LogP contribution in [-0.4, -0.2) is 24.6 Å². The van der Waals surface area contributed by atoms with E-state index in [4.69, 9.17) is 9.47 Å². The molecule has 0 amide bonds. The van der Waals surface area contributed by atoms with E-state index >= 15 is 0 Å². The SMILES string of the molecule is CCCCCCCCC(Oc1ccc(C(=O)OCCC)cc1)C(=O)[O-]. The van der Waals surface area contributed by atoms with Gasteiger partial charge in [0.2, 0.25) is 0 Å². The molecule has 0 fully saturated rings. The third kappa shape index (κ3) is 8.57. The molecule has 0 heterocycles. The number of carboxylic acids is 1. The Bertz CT molecular complexity index is 509. The molecule has 1 atom stereocenters. The van der Waals surface area contributed by atoms with Gasteiger partial charge in [-0.3, -0.25) is 0 Å². The number of aliphatic carboxylic acids is 1. The lowest BCUT2D eigenvalue weighted by Gasteiger charge is -2.20. The van der Waals surface area contributed by atoms with Gasteiger partial charge in [-0.15, -0.1) is 0 Å². The third-order valence-electron chi connectivity index (χ3n) is 3.89. The van der Waals surface area contributed by atoms with E-state index < -0.39 is 18.0 Å². The molecule has 0 aliphatic carbocycles. The maximum atomic E-state index is 11.7. The Morgan fingerprint density at radius 2 is 1.60 bits per heavy atom. The third-order valence-corrected chi connectivity index (χ3v) is 3.89. The summed E-state index contributed by atoms with van der Waals surface area (Å²) >= 11 is 0. The second kappa shape index (κ2) is 12.3. The molecule has 1 aromatic carbocycles. The minimum Gasteiger partial charge on any atom is -0.546 e. The van der Waals surface area contributed by atoms with Crippen LogP contribution in [-0.2, 0) is 9.53 Å². The Hall–Kier alpha value is -2.04. The lowest BCUT2D eigenvalue weighted by molar-refractivity contribution is -0.313. The molecular formula is C20H29O5-. The molecule has 0 radical (unpaired) electrons. The second-order valence-electron chi connectivity index (χ2n) is 6.14. The largest absolute Gasteiger partial charge is 0.546 e. The van der Waals surface area contributed by atoms with Crippen molar-refractivity contribution in [2.24, 2.45) is 0 Å².